The smallest absolute Gasteiger partial charge is 0.333 e. The maximum Gasteiger partial charge on any atom is 0.333 e. The minimum atomic E-state index is -2.99. The number of nitrogens with zero attached hydrogens (tertiary/aromatic N) is 2. The maximum absolute atomic E-state index is 12.0. The molecule has 0 amide bonds. The first kappa shape index (κ1) is 21.8. The van der Waals surface area contributed by atoms with Crippen molar-refractivity contribution < 1.29 is 29.7 Å². The van der Waals surface area contributed by atoms with Crippen molar-refractivity contribution in [2.24, 2.45) is 5.41 Å². The number of carboxylic acids is 3. The number of hydrogen-bond acceptors (Lipinski definition) is 4. The summed E-state index contributed by atoms with van der Waals surface area (Å²) in [5.74, 6) is -6.29. The minimum absolute atomic E-state index is 0.0770. The van der Waals surface area contributed by atoms with Crippen molar-refractivity contribution in [3.63, 3.8) is 0 Å². The van der Waals surface area contributed by atoms with E-state index >= 15 is 0 Å². The molecule has 1 aromatic heterocycles. The van der Waals surface area contributed by atoms with E-state index in [1.807, 2.05) is 32.9 Å². The summed E-state index contributed by atoms with van der Waals surface area (Å²) in [4.78, 5) is 40.7. The molecule has 0 radical (unpaired) electrons. The fourth-order valence-electron chi connectivity index (χ4n) is 4.15. The van der Waals surface area contributed by atoms with E-state index in [-0.39, 0.29) is 13.0 Å². The topological polar surface area (TPSA) is 130 Å². The zero-order valence-corrected chi connectivity index (χ0v) is 17.6. The SMILES string of the molecule is CC(C)(C)c1nc2c(n1Cc1ccc(Cl)cc1)C(C(C(=O)O)(C(=O)O)C(=O)O)CC2. The molecule has 0 aliphatic heterocycles. The molecule has 1 unspecified atom stereocenters. The summed E-state index contributed by atoms with van der Waals surface area (Å²) in [7, 11) is 0. The molecule has 0 spiro atoms. The Morgan fingerprint density at radius 3 is 2.07 bits per heavy atom. The van der Waals surface area contributed by atoms with Crippen molar-refractivity contribution in [3.8, 4) is 0 Å². The van der Waals surface area contributed by atoms with Crippen LogP contribution in [0.2, 0.25) is 5.02 Å². The lowest BCUT2D eigenvalue weighted by molar-refractivity contribution is -0.177. The van der Waals surface area contributed by atoms with Crippen molar-refractivity contribution >= 4 is 29.5 Å². The van der Waals surface area contributed by atoms with Crippen LogP contribution in [0.3, 0.4) is 0 Å². The highest BCUT2D eigenvalue weighted by atomic mass is 35.5. The highest BCUT2D eigenvalue weighted by Crippen LogP contribution is 2.47. The minimum Gasteiger partial charge on any atom is -0.480 e. The molecule has 9 heteroatoms. The van der Waals surface area contributed by atoms with Crippen LogP contribution in [0.4, 0.5) is 0 Å². The monoisotopic (exact) mass is 434 g/mol. The number of rotatable bonds is 6. The van der Waals surface area contributed by atoms with Gasteiger partial charge in [0.2, 0.25) is 0 Å². The van der Waals surface area contributed by atoms with Crippen LogP contribution in [0.5, 0.6) is 0 Å². The van der Waals surface area contributed by atoms with Crippen molar-refractivity contribution in [3.05, 3.63) is 52.1 Å². The van der Waals surface area contributed by atoms with Crippen LogP contribution >= 0.6 is 11.6 Å². The molecule has 1 aromatic carbocycles. The molecule has 1 heterocycles. The fourth-order valence-corrected chi connectivity index (χ4v) is 4.28. The van der Waals surface area contributed by atoms with Crippen LogP contribution in [0, 0.1) is 5.41 Å². The molecule has 0 saturated carbocycles. The largest absolute Gasteiger partial charge is 0.480 e. The Morgan fingerprint density at radius 2 is 1.60 bits per heavy atom. The maximum atomic E-state index is 12.0. The van der Waals surface area contributed by atoms with E-state index in [2.05, 4.69) is 4.98 Å². The van der Waals surface area contributed by atoms with E-state index in [0.717, 1.165) is 5.56 Å². The van der Waals surface area contributed by atoms with Crippen LogP contribution in [-0.4, -0.2) is 42.8 Å². The molecule has 0 bridgehead atoms. The molecule has 2 aromatic rings. The Labute approximate surface area is 178 Å². The Morgan fingerprint density at radius 1 is 1.07 bits per heavy atom. The van der Waals surface area contributed by atoms with Gasteiger partial charge < -0.3 is 19.9 Å². The molecule has 1 aliphatic rings. The quantitative estimate of drug-likeness (QED) is 0.595. The number of fused-ring (bicyclic) bond motifs is 1. The molecule has 3 N–H and O–H groups in total. The van der Waals surface area contributed by atoms with Gasteiger partial charge in [-0.25, -0.2) is 4.98 Å². The van der Waals surface area contributed by atoms with Gasteiger partial charge in [-0.05, 0) is 30.5 Å². The zero-order valence-electron chi connectivity index (χ0n) is 16.8. The number of imidazole rings is 1. The van der Waals surface area contributed by atoms with Gasteiger partial charge in [-0.15, -0.1) is 0 Å². The van der Waals surface area contributed by atoms with Crippen LogP contribution in [0.15, 0.2) is 24.3 Å². The number of aromatic nitrogens is 2. The van der Waals surface area contributed by atoms with Crippen molar-refractivity contribution in [2.45, 2.75) is 51.5 Å². The molecular weight excluding hydrogens is 412 g/mol. The van der Waals surface area contributed by atoms with E-state index in [1.54, 1.807) is 16.7 Å². The standard InChI is InChI=1S/C21H23ClN2O6/c1-20(2,3)16-23-14-9-8-13(21(17(25)26,18(27)28)19(29)30)15(14)24(16)10-11-4-6-12(22)7-5-11/h4-7,13H,8-10H2,1-3H3,(H,25,26)(H,27,28)(H,29,30). The lowest BCUT2D eigenvalue weighted by Crippen LogP contribution is -2.51. The van der Waals surface area contributed by atoms with Crippen molar-refractivity contribution in [2.75, 3.05) is 0 Å². The van der Waals surface area contributed by atoms with Gasteiger partial charge >= 0.3 is 17.9 Å². The van der Waals surface area contributed by atoms with E-state index in [4.69, 9.17) is 11.6 Å². The predicted molar refractivity (Wildman–Crippen MR) is 108 cm³/mol. The fraction of sp³-hybridized carbons (Fsp3) is 0.429. The number of aryl methyl sites for hydroxylation is 1. The normalized spacial score (nSPS) is 16.3. The summed E-state index contributed by atoms with van der Waals surface area (Å²) < 4.78 is 1.78. The summed E-state index contributed by atoms with van der Waals surface area (Å²) in [6, 6.07) is 7.06. The van der Waals surface area contributed by atoms with Crippen LogP contribution in [0.1, 0.15) is 55.9 Å². The third-order valence-corrected chi connectivity index (χ3v) is 5.79. The summed E-state index contributed by atoms with van der Waals surface area (Å²) in [6.07, 6.45) is 0.389. The number of carboxylic acid groups (broad SMARTS) is 3. The second kappa shape index (κ2) is 7.43. The molecule has 160 valence electrons. The summed E-state index contributed by atoms with van der Waals surface area (Å²) in [5, 5.41) is 29.7. The molecule has 1 atom stereocenters. The number of benzene rings is 1. The van der Waals surface area contributed by atoms with E-state index in [0.29, 0.717) is 28.7 Å². The summed E-state index contributed by atoms with van der Waals surface area (Å²) in [6.45, 7) is 6.11. The van der Waals surface area contributed by atoms with Gasteiger partial charge in [0.15, 0.2) is 0 Å². The number of hydrogen-bond donors (Lipinski definition) is 3. The molecule has 0 fully saturated rings. The average molecular weight is 435 g/mol. The molecular formula is C21H23ClN2O6. The molecule has 30 heavy (non-hydrogen) atoms. The van der Waals surface area contributed by atoms with Gasteiger partial charge in [0.05, 0.1) is 5.69 Å². The number of aliphatic carboxylic acids is 3. The van der Waals surface area contributed by atoms with Gasteiger partial charge in [0.1, 0.15) is 5.82 Å². The Balaban J connectivity index is 2.24. The third-order valence-electron chi connectivity index (χ3n) is 5.54. The lowest BCUT2D eigenvalue weighted by atomic mass is 9.73. The van der Waals surface area contributed by atoms with Crippen LogP contribution in [0.25, 0.3) is 0 Å². The number of carbonyl (C=O) groups is 3. The Kier molecular flexibility index (Phi) is 5.41. The predicted octanol–water partition coefficient (Wildman–Crippen LogP) is 3.15. The van der Waals surface area contributed by atoms with E-state index < -0.39 is 34.7 Å². The van der Waals surface area contributed by atoms with Crippen LogP contribution < -0.4 is 0 Å². The van der Waals surface area contributed by atoms with Crippen molar-refractivity contribution in [1.29, 1.82) is 0 Å². The van der Waals surface area contributed by atoms with Gasteiger partial charge in [-0.3, -0.25) is 14.4 Å². The van der Waals surface area contributed by atoms with Crippen LogP contribution in [-0.2, 0) is 32.8 Å². The van der Waals surface area contributed by atoms with Gasteiger partial charge in [-0.1, -0.05) is 44.5 Å². The van der Waals surface area contributed by atoms with Crippen molar-refractivity contribution in [1.82, 2.24) is 9.55 Å². The first-order valence-electron chi connectivity index (χ1n) is 9.45. The van der Waals surface area contributed by atoms with Gasteiger partial charge in [0, 0.05) is 28.6 Å². The second-order valence-corrected chi connectivity index (χ2v) is 8.98. The van der Waals surface area contributed by atoms with Gasteiger partial charge in [0.25, 0.3) is 5.41 Å². The molecule has 8 nitrogen and oxygen atoms in total. The van der Waals surface area contributed by atoms with E-state index in [9.17, 15) is 29.7 Å². The number of halogens is 1. The third kappa shape index (κ3) is 3.35. The lowest BCUT2D eigenvalue weighted by Gasteiger charge is -2.29. The first-order chi connectivity index (χ1) is 13.9. The van der Waals surface area contributed by atoms with E-state index in [1.165, 1.54) is 0 Å². The highest BCUT2D eigenvalue weighted by molar-refractivity contribution is 6.30. The molecule has 3 rings (SSSR count). The van der Waals surface area contributed by atoms with Gasteiger partial charge in [-0.2, -0.15) is 0 Å². The Hall–Kier alpha value is -2.87. The molecule has 1 aliphatic carbocycles. The highest BCUT2D eigenvalue weighted by Gasteiger charge is 2.63. The molecule has 0 saturated heterocycles. The zero-order chi connectivity index (χ0) is 22.4. The second-order valence-electron chi connectivity index (χ2n) is 8.54. The summed E-state index contributed by atoms with van der Waals surface area (Å²) in [5.41, 5.74) is -1.66. The first-order valence-corrected chi connectivity index (χ1v) is 9.82. The average Bonchev–Trinajstić information content (AvgIpc) is 3.17. The Bertz CT molecular complexity index is 983. The summed E-state index contributed by atoms with van der Waals surface area (Å²) >= 11 is 5.96.